The second-order valence-electron chi connectivity index (χ2n) is 4.74. The Hall–Kier alpha value is -0.450. The summed E-state index contributed by atoms with van der Waals surface area (Å²) in [6, 6.07) is 0. The minimum absolute atomic E-state index is 0.249. The van der Waals surface area contributed by atoms with Gasteiger partial charge in [-0.05, 0) is 12.8 Å². The van der Waals surface area contributed by atoms with Crippen molar-refractivity contribution in [1.82, 2.24) is 4.90 Å². The number of methoxy groups -OCH3 is 2. The molecule has 0 aromatic rings. The zero-order valence-corrected chi connectivity index (χ0v) is 11.7. The number of carbonyl (C=O) groups is 1. The molecule has 0 N–H and O–H groups in total. The largest absolute Gasteiger partial charge is 0.385 e. The third kappa shape index (κ3) is 7.47. The van der Waals surface area contributed by atoms with Crippen LogP contribution in [0.25, 0.3) is 0 Å². The average Bonchev–Trinajstić information content (AvgIpc) is 2.35. The van der Waals surface area contributed by atoms with Crippen LogP contribution in [0.5, 0.6) is 0 Å². The summed E-state index contributed by atoms with van der Waals surface area (Å²) in [5.41, 5.74) is -0.249. The number of nitrogens with zero attached hydrogens (tertiary/aromatic N) is 1. The van der Waals surface area contributed by atoms with Gasteiger partial charge in [-0.3, -0.25) is 4.90 Å². The third-order valence-electron chi connectivity index (χ3n) is 3.11. The van der Waals surface area contributed by atoms with Gasteiger partial charge in [0, 0.05) is 45.9 Å². The summed E-state index contributed by atoms with van der Waals surface area (Å²) >= 11 is 0. The van der Waals surface area contributed by atoms with Gasteiger partial charge in [-0.15, -0.1) is 0 Å². The molecule has 0 spiro atoms. The summed E-state index contributed by atoms with van der Waals surface area (Å²) in [5.74, 6) is 0. The SMILES string of the molecule is CCC(C)(C=O)CN(CCCOC)CCOC. The minimum Gasteiger partial charge on any atom is -0.385 e. The standard InChI is InChI=1S/C13H27NO3/c1-5-13(2,12-15)11-14(8-10-17-4)7-6-9-16-3/h12H,5-11H2,1-4H3. The molecule has 0 fully saturated rings. The molecule has 0 aliphatic rings. The van der Waals surface area contributed by atoms with E-state index in [-0.39, 0.29) is 5.41 Å². The molecule has 0 aromatic carbocycles. The van der Waals surface area contributed by atoms with Crippen LogP contribution in [0.2, 0.25) is 0 Å². The van der Waals surface area contributed by atoms with Gasteiger partial charge in [0.15, 0.2) is 0 Å². The maximum atomic E-state index is 11.1. The summed E-state index contributed by atoms with van der Waals surface area (Å²) in [7, 11) is 3.41. The average molecular weight is 245 g/mol. The Morgan fingerprint density at radius 3 is 2.29 bits per heavy atom. The molecule has 0 heterocycles. The fourth-order valence-electron chi connectivity index (χ4n) is 1.67. The lowest BCUT2D eigenvalue weighted by atomic mass is 9.89. The lowest BCUT2D eigenvalue weighted by Gasteiger charge is -2.30. The zero-order valence-electron chi connectivity index (χ0n) is 11.7. The summed E-state index contributed by atoms with van der Waals surface area (Å²) < 4.78 is 10.2. The van der Waals surface area contributed by atoms with Crippen molar-refractivity contribution in [3.63, 3.8) is 0 Å². The van der Waals surface area contributed by atoms with Gasteiger partial charge in [0.05, 0.1) is 6.61 Å². The molecule has 0 saturated heterocycles. The van der Waals surface area contributed by atoms with E-state index in [0.717, 1.165) is 45.4 Å². The van der Waals surface area contributed by atoms with Crippen LogP contribution in [0.3, 0.4) is 0 Å². The summed E-state index contributed by atoms with van der Waals surface area (Å²) in [5, 5.41) is 0. The number of hydrogen-bond donors (Lipinski definition) is 0. The summed E-state index contributed by atoms with van der Waals surface area (Å²) in [6.45, 7) is 8.12. The lowest BCUT2D eigenvalue weighted by Crippen LogP contribution is -2.39. The van der Waals surface area contributed by atoms with Crippen molar-refractivity contribution in [2.75, 3.05) is 47.1 Å². The first-order valence-corrected chi connectivity index (χ1v) is 6.28. The molecule has 1 atom stereocenters. The Bertz CT molecular complexity index is 199. The van der Waals surface area contributed by atoms with Crippen LogP contribution in [0.15, 0.2) is 0 Å². The molecule has 0 saturated carbocycles. The topological polar surface area (TPSA) is 38.8 Å². The second kappa shape index (κ2) is 9.57. The molecule has 0 radical (unpaired) electrons. The van der Waals surface area contributed by atoms with Gasteiger partial charge < -0.3 is 14.3 Å². The van der Waals surface area contributed by atoms with Crippen LogP contribution in [0.4, 0.5) is 0 Å². The highest BCUT2D eigenvalue weighted by molar-refractivity contribution is 5.58. The van der Waals surface area contributed by atoms with Crippen LogP contribution < -0.4 is 0 Å². The van der Waals surface area contributed by atoms with Crippen molar-refractivity contribution in [1.29, 1.82) is 0 Å². The van der Waals surface area contributed by atoms with Gasteiger partial charge in [-0.2, -0.15) is 0 Å². The molecule has 0 bridgehead atoms. The molecular weight excluding hydrogens is 218 g/mol. The molecule has 0 rings (SSSR count). The normalized spacial score (nSPS) is 14.9. The first kappa shape index (κ1) is 16.6. The smallest absolute Gasteiger partial charge is 0.127 e. The first-order chi connectivity index (χ1) is 8.11. The van der Waals surface area contributed by atoms with Crippen LogP contribution >= 0.6 is 0 Å². The molecule has 17 heavy (non-hydrogen) atoms. The van der Waals surface area contributed by atoms with Gasteiger partial charge >= 0.3 is 0 Å². The maximum Gasteiger partial charge on any atom is 0.127 e. The van der Waals surface area contributed by atoms with Crippen molar-refractivity contribution < 1.29 is 14.3 Å². The Labute approximate surface area is 105 Å². The number of hydrogen-bond acceptors (Lipinski definition) is 4. The van der Waals surface area contributed by atoms with E-state index in [1.807, 2.05) is 6.92 Å². The molecule has 4 nitrogen and oxygen atoms in total. The number of ether oxygens (including phenoxy) is 2. The second-order valence-corrected chi connectivity index (χ2v) is 4.74. The summed E-state index contributed by atoms with van der Waals surface area (Å²) in [6.07, 6.45) is 2.92. The Balaban J connectivity index is 4.19. The van der Waals surface area contributed by atoms with E-state index in [2.05, 4.69) is 11.8 Å². The van der Waals surface area contributed by atoms with E-state index in [4.69, 9.17) is 9.47 Å². The molecular formula is C13H27NO3. The molecule has 4 heteroatoms. The predicted octanol–water partition coefficient (Wildman–Crippen LogP) is 1.59. The maximum absolute atomic E-state index is 11.1. The fourth-order valence-corrected chi connectivity index (χ4v) is 1.67. The fraction of sp³-hybridized carbons (Fsp3) is 0.923. The highest BCUT2D eigenvalue weighted by Crippen LogP contribution is 2.19. The monoisotopic (exact) mass is 245 g/mol. The van der Waals surface area contributed by atoms with Crippen LogP contribution in [-0.4, -0.2) is 58.3 Å². The van der Waals surface area contributed by atoms with Gasteiger partial charge in [0.1, 0.15) is 6.29 Å². The number of carbonyl (C=O) groups excluding carboxylic acids is 1. The highest BCUT2D eigenvalue weighted by Gasteiger charge is 2.24. The van der Waals surface area contributed by atoms with Crippen LogP contribution in [0, 0.1) is 5.41 Å². The molecule has 1 unspecified atom stereocenters. The van der Waals surface area contributed by atoms with E-state index in [1.54, 1.807) is 14.2 Å². The molecule has 102 valence electrons. The molecule has 0 aliphatic heterocycles. The van der Waals surface area contributed by atoms with Gasteiger partial charge in [-0.25, -0.2) is 0 Å². The van der Waals surface area contributed by atoms with Crippen molar-refractivity contribution in [3.05, 3.63) is 0 Å². The molecule has 0 amide bonds. The first-order valence-electron chi connectivity index (χ1n) is 6.28. The van der Waals surface area contributed by atoms with Gasteiger partial charge in [0.25, 0.3) is 0 Å². The van der Waals surface area contributed by atoms with Gasteiger partial charge in [-0.1, -0.05) is 13.8 Å². The lowest BCUT2D eigenvalue weighted by molar-refractivity contribution is -0.116. The predicted molar refractivity (Wildman–Crippen MR) is 69.3 cm³/mol. The van der Waals surface area contributed by atoms with E-state index in [0.29, 0.717) is 6.61 Å². The van der Waals surface area contributed by atoms with Gasteiger partial charge in [0.2, 0.25) is 0 Å². The third-order valence-corrected chi connectivity index (χ3v) is 3.11. The Morgan fingerprint density at radius 2 is 1.82 bits per heavy atom. The number of rotatable bonds is 11. The van der Waals surface area contributed by atoms with E-state index in [9.17, 15) is 4.79 Å². The number of aldehydes is 1. The minimum atomic E-state index is -0.249. The van der Waals surface area contributed by atoms with E-state index >= 15 is 0 Å². The summed E-state index contributed by atoms with van der Waals surface area (Å²) in [4.78, 5) is 13.4. The highest BCUT2D eigenvalue weighted by atomic mass is 16.5. The van der Waals surface area contributed by atoms with E-state index < -0.39 is 0 Å². The Morgan fingerprint density at radius 1 is 1.18 bits per heavy atom. The quantitative estimate of drug-likeness (QED) is 0.409. The Kier molecular flexibility index (Phi) is 9.31. The molecule has 0 aromatic heterocycles. The van der Waals surface area contributed by atoms with Crippen molar-refractivity contribution in [3.8, 4) is 0 Å². The zero-order chi connectivity index (χ0) is 13.1. The van der Waals surface area contributed by atoms with Crippen molar-refractivity contribution >= 4 is 6.29 Å². The van der Waals surface area contributed by atoms with E-state index in [1.165, 1.54) is 0 Å². The van der Waals surface area contributed by atoms with Crippen LogP contribution in [-0.2, 0) is 14.3 Å². The van der Waals surface area contributed by atoms with Crippen molar-refractivity contribution in [2.45, 2.75) is 26.7 Å². The molecule has 0 aliphatic carbocycles. The van der Waals surface area contributed by atoms with Crippen molar-refractivity contribution in [2.24, 2.45) is 5.41 Å². The van der Waals surface area contributed by atoms with Crippen LogP contribution in [0.1, 0.15) is 26.7 Å².